The summed E-state index contributed by atoms with van der Waals surface area (Å²) >= 11 is 0. The summed E-state index contributed by atoms with van der Waals surface area (Å²) in [5, 5.41) is 6.06. The quantitative estimate of drug-likeness (QED) is 0.185. The van der Waals surface area contributed by atoms with Crippen molar-refractivity contribution in [2.75, 3.05) is 0 Å². The summed E-state index contributed by atoms with van der Waals surface area (Å²) in [6.45, 7) is 0. The van der Waals surface area contributed by atoms with E-state index in [2.05, 4.69) is 97.1 Å². The molecule has 0 saturated carbocycles. The van der Waals surface area contributed by atoms with Crippen molar-refractivity contribution < 1.29 is 7.16 Å². The molecule has 4 nitrogen and oxygen atoms in total. The molecule has 0 bridgehead atoms. The Kier molecular flexibility index (Phi) is 6.29. The molecule has 0 spiro atoms. The largest absolute Gasteiger partial charge is 0.456 e. The number of rotatable bonds is 5. The number of fused-ring (bicyclic) bond motifs is 5. The Hall–Kier alpha value is -6.91. The Balaban J connectivity index is 1.17. The number of furan rings is 1. The molecule has 238 valence electrons. The van der Waals surface area contributed by atoms with Gasteiger partial charge in [-0.25, -0.2) is 15.0 Å². The maximum absolute atomic E-state index is 9.14. The average Bonchev–Trinajstić information content (AvgIpc) is 3.58. The Labute approximate surface area is 297 Å². The third-order valence-electron chi connectivity index (χ3n) is 9.57. The normalized spacial score (nSPS) is 12.1. The minimum Gasteiger partial charge on any atom is -0.456 e. The van der Waals surface area contributed by atoms with Gasteiger partial charge in [-0.1, -0.05) is 146 Å². The maximum Gasteiger partial charge on any atom is 0.164 e. The van der Waals surface area contributed by atoms with Crippen LogP contribution in [0.3, 0.4) is 0 Å². The van der Waals surface area contributed by atoms with Crippen LogP contribution >= 0.6 is 0 Å². The Morgan fingerprint density at radius 1 is 0.392 bits per heavy atom. The third kappa shape index (κ3) is 5.13. The summed E-state index contributed by atoms with van der Waals surface area (Å²) in [7, 11) is 0. The number of hydrogen-bond donors (Lipinski definition) is 0. The van der Waals surface area contributed by atoms with Gasteiger partial charge in [-0.05, 0) is 74.1 Å². The van der Waals surface area contributed by atoms with Crippen molar-refractivity contribution in [2.24, 2.45) is 0 Å². The van der Waals surface area contributed by atoms with Gasteiger partial charge in [0.05, 0.1) is 2.74 Å². The van der Waals surface area contributed by atoms with Crippen LogP contribution in [-0.4, -0.2) is 15.0 Å². The number of nitrogens with zero attached hydrogens (tertiary/aromatic N) is 3. The fourth-order valence-electron chi connectivity index (χ4n) is 7.05. The van der Waals surface area contributed by atoms with Crippen LogP contribution < -0.4 is 0 Å². The van der Waals surface area contributed by atoms with Crippen LogP contribution in [0.25, 0.3) is 99.9 Å². The second-order valence-corrected chi connectivity index (χ2v) is 12.7. The lowest BCUT2D eigenvalue weighted by atomic mass is 9.97. The highest BCUT2D eigenvalue weighted by Gasteiger charge is 2.19. The van der Waals surface area contributed by atoms with Gasteiger partial charge in [-0.2, -0.15) is 0 Å². The fourth-order valence-corrected chi connectivity index (χ4v) is 7.05. The molecule has 0 aliphatic carbocycles. The molecule has 2 aromatic heterocycles. The highest BCUT2D eigenvalue weighted by molar-refractivity contribution is 6.11. The van der Waals surface area contributed by atoms with Crippen LogP contribution in [0.4, 0.5) is 0 Å². The van der Waals surface area contributed by atoms with Crippen molar-refractivity contribution in [3.05, 3.63) is 176 Å². The lowest BCUT2D eigenvalue weighted by Gasteiger charge is -2.13. The number of para-hydroxylation sites is 1. The summed E-state index contributed by atoms with van der Waals surface area (Å²) in [6, 6.07) is 55.5. The molecular formula is C47H29N3O. The molecule has 0 aliphatic heterocycles. The smallest absolute Gasteiger partial charge is 0.164 e. The zero-order valence-corrected chi connectivity index (χ0v) is 27.3. The van der Waals surface area contributed by atoms with E-state index in [1.807, 2.05) is 36.4 Å². The van der Waals surface area contributed by atoms with E-state index in [0.717, 1.165) is 44.0 Å². The highest BCUT2D eigenvalue weighted by atomic mass is 16.3. The van der Waals surface area contributed by atoms with Crippen LogP contribution in [0.5, 0.6) is 0 Å². The van der Waals surface area contributed by atoms with Gasteiger partial charge in [0.25, 0.3) is 0 Å². The zero-order valence-electron chi connectivity index (χ0n) is 29.3. The Bertz CT molecular complexity index is 3050. The number of benzene rings is 8. The van der Waals surface area contributed by atoms with Gasteiger partial charge >= 0.3 is 0 Å². The standard InChI is InChI=1S/C47H29N3O/c1-2-12-31(13-3-1)38-15-6-7-16-39(38)46-48-45(49-47(50-46)41-18-10-20-43-44(41)40-17-8-9-19-42(40)51-43)37-26-25-35-28-34(23-24-36(35)29-37)33-22-21-30-11-4-5-14-32(30)27-33/h1-29H/i8D,18D. The van der Waals surface area contributed by atoms with Gasteiger partial charge in [0.15, 0.2) is 17.5 Å². The summed E-state index contributed by atoms with van der Waals surface area (Å²) < 4.78 is 23.7. The molecule has 10 rings (SSSR count). The second-order valence-electron chi connectivity index (χ2n) is 12.7. The lowest BCUT2D eigenvalue weighted by molar-refractivity contribution is 0.669. The molecule has 4 heteroatoms. The zero-order chi connectivity index (χ0) is 35.5. The number of hydrogen-bond acceptors (Lipinski definition) is 4. The lowest BCUT2D eigenvalue weighted by Crippen LogP contribution is -2.01. The minimum absolute atomic E-state index is 0.259. The van der Waals surface area contributed by atoms with Gasteiger partial charge in [-0.3, -0.25) is 0 Å². The molecule has 51 heavy (non-hydrogen) atoms. The van der Waals surface area contributed by atoms with Crippen molar-refractivity contribution in [3.8, 4) is 56.4 Å². The summed E-state index contributed by atoms with van der Waals surface area (Å²) in [5.41, 5.74) is 7.84. The summed E-state index contributed by atoms with van der Waals surface area (Å²) in [6.07, 6.45) is 0. The van der Waals surface area contributed by atoms with E-state index in [1.54, 1.807) is 30.3 Å². The Morgan fingerprint density at radius 3 is 1.78 bits per heavy atom. The van der Waals surface area contributed by atoms with Crippen LogP contribution in [0.1, 0.15) is 2.74 Å². The van der Waals surface area contributed by atoms with Crippen LogP contribution in [0.15, 0.2) is 180 Å². The Morgan fingerprint density at radius 2 is 0.980 bits per heavy atom. The van der Waals surface area contributed by atoms with E-state index < -0.39 is 0 Å². The molecule has 8 aromatic carbocycles. The first-order valence-corrected chi connectivity index (χ1v) is 16.9. The predicted octanol–water partition coefficient (Wildman–Crippen LogP) is 12.4. The van der Waals surface area contributed by atoms with E-state index >= 15 is 0 Å². The van der Waals surface area contributed by atoms with Crippen LogP contribution in [0.2, 0.25) is 0 Å². The molecule has 0 atom stereocenters. The van der Waals surface area contributed by atoms with Crippen molar-refractivity contribution in [1.82, 2.24) is 15.0 Å². The fraction of sp³-hybridized carbons (Fsp3) is 0. The maximum atomic E-state index is 9.14. The van der Waals surface area contributed by atoms with E-state index in [4.69, 9.17) is 22.1 Å². The molecule has 2 heterocycles. The molecule has 0 amide bonds. The van der Waals surface area contributed by atoms with Gasteiger partial charge in [0.2, 0.25) is 0 Å². The molecule has 10 aromatic rings. The van der Waals surface area contributed by atoms with Crippen molar-refractivity contribution >= 4 is 43.5 Å². The SMILES string of the molecule is [2H]c1ccc2oc3ccc([2H])c(-c4nc(-c5ccc6cc(-c7ccc8ccccc8c7)ccc6c5)nc(-c5ccccc5-c5ccccc5)n4)c3c2c1. The topological polar surface area (TPSA) is 51.8 Å². The van der Waals surface area contributed by atoms with E-state index in [9.17, 15) is 0 Å². The first-order chi connectivity index (χ1) is 26.1. The molecular weight excluding hydrogens is 623 g/mol. The number of aromatic nitrogens is 3. The molecule has 0 saturated heterocycles. The first kappa shape index (κ1) is 27.0. The summed E-state index contributed by atoms with van der Waals surface area (Å²) in [5.74, 6) is 1.37. The van der Waals surface area contributed by atoms with Crippen LogP contribution in [0, 0.1) is 0 Å². The van der Waals surface area contributed by atoms with Gasteiger partial charge < -0.3 is 4.42 Å². The summed E-state index contributed by atoms with van der Waals surface area (Å²) in [4.78, 5) is 15.3. The van der Waals surface area contributed by atoms with E-state index in [1.165, 1.54) is 16.3 Å². The monoisotopic (exact) mass is 653 g/mol. The first-order valence-electron chi connectivity index (χ1n) is 17.9. The van der Waals surface area contributed by atoms with Gasteiger partial charge in [0.1, 0.15) is 11.2 Å². The minimum atomic E-state index is 0.259. The highest BCUT2D eigenvalue weighted by Crippen LogP contribution is 2.38. The van der Waals surface area contributed by atoms with Crippen molar-refractivity contribution in [3.63, 3.8) is 0 Å². The average molecular weight is 654 g/mol. The van der Waals surface area contributed by atoms with Gasteiger partial charge in [-0.15, -0.1) is 0 Å². The predicted molar refractivity (Wildman–Crippen MR) is 209 cm³/mol. The molecule has 0 N–H and O–H groups in total. The van der Waals surface area contributed by atoms with Crippen molar-refractivity contribution in [1.29, 1.82) is 0 Å². The van der Waals surface area contributed by atoms with E-state index in [-0.39, 0.29) is 6.04 Å². The molecule has 0 fully saturated rings. The molecule has 0 aliphatic rings. The molecule has 0 unspecified atom stereocenters. The van der Waals surface area contributed by atoms with Crippen molar-refractivity contribution in [2.45, 2.75) is 0 Å². The molecule has 0 radical (unpaired) electrons. The third-order valence-corrected chi connectivity index (χ3v) is 9.57. The second kappa shape index (κ2) is 11.9. The van der Waals surface area contributed by atoms with E-state index in [0.29, 0.717) is 45.6 Å². The van der Waals surface area contributed by atoms with Crippen LogP contribution in [-0.2, 0) is 0 Å². The van der Waals surface area contributed by atoms with Gasteiger partial charge in [0, 0.05) is 27.5 Å².